The van der Waals surface area contributed by atoms with E-state index in [0.717, 1.165) is 12.1 Å². The number of nitrogens with zero attached hydrogens (tertiary/aromatic N) is 2. The van der Waals surface area contributed by atoms with Crippen LogP contribution in [0.3, 0.4) is 0 Å². The van der Waals surface area contributed by atoms with Crippen molar-refractivity contribution in [1.29, 1.82) is 0 Å². The molecule has 0 fully saturated rings. The van der Waals surface area contributed by atoms with Gasteiger partial charge in [-0.1, -0.05) is 24.6 Å². The number of halogens is 1. The Morgan fingerprint density at radius 2 is 2.23 bits per heavy atom. The van der Waals surface area contributed by atoms with Crippen LogP contribution >= 0.6 is 11.6 Å². The number of anilines is 1. The average Bonchev–Trinajstić information content (AvgIpc) is 2.90. The van der Waals surface area contributed by atoms with Gasteiger partial charge in [-0.2, -0.15) is 5.10 Å². The van der Waals surface area contributed by atoms with Crippen LogP contribution < -0.4 is 10.1 Å². The van der Waals surface area contributed by atoms with Crippen molar-refractivity contribution < 1.29 is 9.53 Å². The Kier molecular flexibility index (Phi) is 5.83. The minimum atomic E-state index is -0.0789. The van der Waals surface area contributed by atoms with Crippen LogP contribution in [0.15, 0.2) is 30.5 Å². The van der Waals surface area contributed by atoms with Crippen molar-refractivity contribution in [3.63, 3.8) is 0 Å². The number of hydrogen-bond donors (Lipinski definition) is 1. The lowest BCUT2D eigenvalue weighted by Gasteiger charge is -2.13. The number of hydrogen-bond acceptors (Lipinski definition) is 3. The van der Waals surface area contributed by atoms with Crippen LogP contribution in [-0.2, 0) is 18.3 Å². The van der Waals surface area contributed by atoms with Gasteiger partial charge in [0.05, 0.1) is 17.3 Å². The van der Waals surface area contributed by atoms with Crippen molar-refractivity contribution in [1.82, 2.24) is 9.78 Å². The summed E-state index contributed by atoms with van der Waals surface area (Å²) >= 11 is 6.14. The SMILES string of the molecule is CCCOc1c(Cl)cccc1NC(=O)CCc1ccnn1C. The second-order valence-electron chi connectivity index (χ2n) is 4.96. The van der Waals surface area contributed by atoms with Gasteiger partial charge in [0, 0.05) is 25.4 Å². The molecule has 0 aliphatic heterocycles. The van der Waals surface area contributed by atoms with E-state index in [2.05, 4.69) is 10.4 Å². The molecule has 0 unspecified atom stereocenters. The molecule has 1 aromatic carbocycles. The molecule has 5 nitrogen and oxygen atoms in total. The fourth-order valence-electron chi connectivity index (χ4n) is 2.06. The lowest BCUT2D eigenvalue weighted by molar-refractivity contribution is -0.116. The van der Waals surface area contributed by atoms with E-state index in [0.29, 0.717) is 35.9 Å². The monoisotopic (exact) mass is 321 g/mol. The summed E-state index contributed by atoms with van der Waals surface area (Å²) in [5.74, 6) is 0.449. The maximum Gasteiger partial charge on any atom is 0.224 e. The molecule has 2 rings (SSSR count). The predicted molar refractivity (Wildman–Crippen MR) is 87.4 cm³/mol. The molecule has 1 amide bonds. The largest absolute Gasteiger partial charge is 0.490 e. The number of aryl methyl sites for hydroxylation is 2. The van der Waals surface area contributed by atoms with E-state index < -0.39 is 0 Å². The van der Waals surface area contributed by atoms with E-state index in [-0.39, 0.29) is 5.91 Å². The number of aromatic nitrogens is 2. The first-order valence-corrected chi connectivity index (χ1v) is 7.67. The Bertz CT molecular complexity index is 640. The standard InChI is InChI=1S/C16H20ClN3O2/c1-3-11-22-16-13(17)5-4-6-14(16)19-15(21)8-7-12-9-10-18-20(12)2/h4-6,9-10H,3,7-8,11H2,1-2H3,(H,19,21). The van der Waals surface area contributed by atoms with Gasteiger partial charge in [0.15, 0.2) is 5.75 Å². The number of nitrogens with one attached hydrogen (secondary N) is 1. The first kappa shape index (κ1) is 16.4. The minimum absolute atomic E-state index is 0.0789. The van der Waals surface area contributed by atoms with Gasteiger partial charge in [-0.3, -0.25) is 9.48 Å². The maximum absolute atomic E-state index is 12.1. The van der Waals surface area contributed by atoms with Gasteiger partial charge in [-0.25, -0.2) is 0 Å². The van der Waals surface area contributed by atoms with Gasteiger partial charge in [-0.15, -0.1) is 0 Å². The van der Waals surface area contributed by atoms with Gasteiger partial charge in [0.1, 0.15) is 0 Å². The lowest BCUT2D eigenvalue weighted by Crippen LogP contribution is -2.14. The first-order chi connectivity index (χ1) is 10.6. The molecule has 1 heterocycles. The Hall–Kier alpha value is -2.01. The molecule has 0 radical (unpaired) electrons. The van der Waals surface area contributed by atoms with E-state index in [9.17, 15) is 4.79 Å². The van der Waals surface area contributed by atoms with Crippen molar-refractivity contribution in [2.75, 3.05) is 11.9 Å². The Morgan fingerprint density at radius 3 is 2.91 bits per heavy atom. The van der Waals surface area contributed by atoms with Gasteiger partial charge >= 0.3 is 0 Å². The molecule has 2 aromatic rings. The van der Waals surface area contributed by atoms with Gasteiger partial charge < -0.3 is 10.1 Å². The maximum atomic E-state index is 12.1. The first-order valence-electron chi connectivity index (χ1n) is 7.30. The highest BCUT2D eigenvalue weighted by molar-refractivity contribution is 6.32. The third-order valence-electron chi connectivity index (χ3n) is 3.22. The lowest BCUT2D eigenvalue weighted by atomic mass is 10.2. The Labute approximate surface area is 135 Å². The topological polar surface area (TPSA) is 56.1 Å². The summed E-state index contributed by atoms with van der Waals surface area (Å²) in [5.41, 5.74) is 1.62. The zero-order valence-electron chi connectivity index (χ0n) is 12.8. The Morgan fingerprint density at radius 1 is 1.41 bits per heavy atom. The number of carbonyl (C=O) groups is 1. The zero-order valence-corrected chi connectivity index (χ0v) is 13.6. The molecule has 0 spiro atoms. The molecular formula is C16H20ClN3O2. The number of rotatable bonds is 7. The van der Waals surface area contributed by atoms with E-state index in [1.165, 1.54) is 0 Å². The minimum Gasteiger partial charge on any atom is -0.490 e. The smallest absolute Gasteiger partial charge is 0.224 e. The third kappa shape index (κ3) is 4.24. The van der Waals surface area contributed by atoms with Crippen LogP contribution in [0.2, 0.25) is 5.02 Å². The molecular weight excluding hydrogens is 302 g/mol. The fraction of sp³-hybridized carbons (Fsp3) is 0.375. The molecule has 0 saturated carbocycles. The molecule has 118 valence electrons. The summed E-state index contributed by atoms with van der Waals surface area (Å²) in [6, 6.07) is 7.23. The van der Waals surface area contributed by atoms with Crippen LogP contribution in [0.4, 0.5) is 5.69 Å². The second kappa shape index (κ2) is 7.84. The second-order valence-corrected chi connectivity index (χ2v) is 5.37. The van der Waals surface area contributed by atoms with Gasteiger partial charge in [0.2, 0.25) is 5.91 Å². The molecule has 22 heavy (non-hydrogen) atoms. The van der Waals surface area contributed by atoms with Crippen LogP contribution in [-0.4, -0.2) is 22.3 Å². The van der Waals surface area contributed by atoms with Gasteiger partial charge in [0.25, 0.3) is 0 Å². The van der Waals surface area contributed by atoms with E-state index in [4.69, 9.17) is 16.3 Å². The molecule has 0 saturated heterocycles. The van der Waals surface area contributed by atoms with E-state index in [1.54, 1.807) is 29.1 Å². The molecule has 0 aliphatic carbocycles. The predicted octanol–water partition coefficient (Wildman–Crippen LogP) is 3.43. The van der Waals surface area contributed by atoms with Crippen LogP contribution in [0.25, 0.3) is 0 Å². The normalized spacial score (nSPS) is 10.5. The molecule has 6 heteroatoms. The number of amides is 1. The summed E-state index contributed by atoms with van der Waals surface area (Å²) in [5, 5.41) is 7.45. The van der Waals surface area contributed by atoms with Crippen molar-refractivity contribution in [3.05, 3.63) is 41.2 Å². The molecule has 1 N–H and O–H groups in total. The van der Waals surface area contributed by atoms with Crippen molar-refractivity contribution >= 4 is 23.2 Å². The summed E-state index contributed by atoms with van der Waals surface area (Å²) in [7, 11) is 1.86. The quantitative estimate of drug-likeness (QED) is 0.850. The number of ether oxygens (including phenoxy) is 1. The number of para-hydroxylation sites is 1. The van der Waals surface area contributed by atoms with Crippen molar-refractivity contribution in [2.24, 2.45) is 7.05 Å². The van der Waals surface area contributed by atoms with Crippen molar-refractivity contribution in [3.8, 4) is 5.75 Å². The van der Waals surface area contributed by atoms with Crippen LogP contribution in [0, 0.1) is 0 Å². The zero-order chi connectivity index (χ0) is 15.9. The number of benzene rings is 1. The summed E-state index contributed by atoms with van der Waals surface area (Å²) in [6.07, 6.45) is 3.60. The highest BCUT2D eigenvalue weighted by Crippen LogP contribution is 2.33. The van der Waals surface area contributed by atoms with Crippen LogP contribution in [0.1, 0.15) is 25.5 Å². The van der Waals surface area contributed by atoms with Crippen molar-refractivity contribution in [2.45, 2.75) is 26.2 Å². The fourth-order valence-corrected chi connectivity index (χ4v) is 2.29. The van der Waals surface area contributed by atoms with Crippen LogP contribution in [0.5, 0.6) is 5.75 Å². The van der Waals surface area contributed by atoms with E-state index >= 15 is 0 Å². The summed E-state index contributed by atoms with van der Waals surface area (Å²) in [6.45, 7) is 2.57. The Balaban J connectivity index is 1.99. The highest BCUT2D eigenvalue weighted by Gasteiger charge is 2.12. The molecule has 0 aliphatic rings. The van der Waals surface area contributed by atoms with E-state index in [1.807, 2.05) is 20.0 Å². The molecule has 0 atom stereocenters. The van der Waals surface area contributed by atoms with Gasteiger partial charge in [-0.05, 0) is 31.0 Å². The third-order valence-corrected chi connectivity index (χ3v) is 3.52. The number of carbonyl (C=O) groups excluding carboxylic acids is 1. The summed E-state index contributed by atoms with van der Waals surface area (Å²) in [4.78, 5) is 12.1. The molecule has 0 bridgehead atoms. The summed E-state index contributed by atoms with van der Waals surface area (Å²) < 4.78 is 7.39. The molecule has 1 aromatic heterocycles. The average molecular weight is 322 g/mol. The highest BCUT2D eigenvalue weighted by atomic mass is 35.5.